The van der Waals surface area contributed by atoms with Gasteiger partial charge in [0.25, 0.3) is 5.91 Å². The second kappa shape index (κ2) is 7.47. The van der Waals surface area contributed by atoms with Gasteiger partial charge in [0.1, 0.15) is 5.69 Å². The number of hydrogen-bond acceptors (Lipinski definition) is 4. The fraction of sp³-hybridized carbons (Fsp3) is 0.217. The SMILES string of the molecule is CCOC(=O)c1ccc2n1Cc1ccccc1N(C(=O)c1ccc(N)c(C)c1)C2. The van der Waals surface area contributed by atoms with E-state index >= 15 is 0 Å². The van der Waals surface area contributed by atoms with Crippen LogP contribution in [0, 0.1) is 6.92 Å². The molecule has 6 nitrogen and oxygen atoms in total. The molecule has 6 heteroatoms. The Morgan fingerprint density at radius 3 is 2.62 bits per heavy atom. The molecule has 29 heavy (non-hydrogen) atoms. The smallest absolute Gasteiger partial charge is 0.354 e. The summed E-state index contributed by atoms with van der Waals surface area (Å²) in [6, 6.07) is 16.7. The predicted octanol–water partition coefficient (Wildman–Crippen LogP) is 3.76. The summed E-state index contributed by atoms with van der Waals surface area (Å²) in [5, 5.41) is 0. The number of aryl methyl sites for hydroxylation is 1. The van der Waals surface area contributed by atoms with Crippen molar-refractivity contribution in [3.8, 4) is 0 Å². The highest BCUT2D eigenvalue weighted by Crippen LogP contribution is 2.30. The van der Waals surface area contributed by atoms with E-state index in [9.17, 15) is 9.59 Å². The van der Waals surface area contributed by atoms with Gasteiger partial charge in [0.2, 0.25) is 0 Å². The number of carbonyl (C=O) groups is 2. The Bertz CT molecular complexity index is 1100. The normalized spacial score (nSPS) is 12.7. The summed E-state index contributed by atoms with van der Waals surface area (Å²) in [6.07, 6.45) is 0. The van der Waals surface area contributed by atoms with Crippen LogP contribution < -0.4 is 10.6 Å². The van der Waals surface area contributed by atoms with Crippen molar-refractivity contribution in [2.24, 2.45) is 0 Å². The lowest BCUT2D eigenvalue weighted by atomic mass is 10.1. The quantitative estimate of drug-likeness (QED) is 0.546. The number of nitrogens with zero attached hydrogens (tertiary/aromatic N) is 2. The monoisotopic (exact) mass is 389 g/mol. The Kier molecular flexibility index (Phi) is 4.84. The summed E-state index contributed by atoms with van der Waals surface area (Å²) in [7, 11) is 0. The van der Waals surface area contributed by atoms with E-state index in [-0.39, 0.29) is 11.9 Å². The van der Waals surface area contributed by atoms with Crippen LogP contribution in [0.3, 0.4) is 0 Å². The van der Waals surface area contributed by atoms with Crippen molar-refractivity contribution >= 4 is 23.3 Å². The molecule has 1 aliphatic rings. The maximum absolute atomic E-state index is 13.4. The lowest BCUT2D eigenvalue weighted by Gasteiger charge is -2.23. The molecule has 0 radical (unpaired) electrons. The molecule has 3 aromatic rings. The van der Waals surface area contributed by atoms with Crippen LogP contribution in [0.15, 0.2) is 54.6 Å². The first-order valence-electron chi connectivity index (χ1n) is 9.61. The molecule has 4 rings (SSSR count). The highest BCUT2D eigenvalue weighted by Gasteiger charge is 2.27. The third-order valence-electron chi connectivity index (χ3n) is 5.25. The highest BCUT2D eigenvalue weighted by atomic mass is 16.5. The second-order valence-corrected chi connectivity index (χ2v) is 7.11. The molecule has 0 aliphatic carbocycles. The molecule has 1 amide bonds. The summed E-state index contributed by atoms with van der Waals surface area (Å²) < 4.78 is 7.13. The Morgan fingerprint density at radius 2 is 1.86 bits per heavy atom. The molecule has 0 fully saturated rings. The standard InChI is InChI=1S/C23H23N3O3/c1-3-29-23(28)21-11-9-18-14-26(20-7-5-4-6-17(20)13-25(18)21)22(27)16-8-10-19(24)15(2)12-16/h4-12H,3,13-14,24H2,1-2H3. The number of aromatic nitrogens is 1. The molecule has 1 aromatic heterocycles. The van der Waals surface area contributed by atoms with Gasteiger partial charge in [-0.2, -0.15) is 0 Å². The first kappa shape index (κ1) is 18.8. The molecule has 0 bridgehead atoms. The average molecular weight is 389 g/mol. The number of benzene rings is 2. The summed E-state index contributed by atoms with van der Waals surface area (Å²) >= 11 is 0. The molecule has 0 unspecified atom stereocenters. The van der Waals surface area contributed by atoms with Gasteiger partial charge in [0, 0.05) is 22.6 Å². The number of anilines is 2. The van der Waals surface area contributed by atoms with Crippen molar-refractivity contribution < 1.29 is 14.3 Å². The topological polar surface area (TPSA) is 77.6 Å². The zero-order valence-electron chi connectivity index (χ0n) is 16.5. The number of ether oxygens (including phenoxy) is 1. The van der Waals surface area contributed by atoms with E-state index in [2.05, 4.69) is 0 Å². The van der Waals surface area contributed by atoms with Crippen LogP contribution in [-0.2, 0) is 17.8 Å². The van der Waals surface area contributed by atoms with E-state index in [1.807, 2.05) is 47.9 Å². The van der Waals surface area contributed by atoms with Crippen molar-refractivity contribution in [2.75, 3.05) is 17.2 Å². The molecule has 2 heterocycles. The zero-order valence-corrected chi connectivity index (χ0v) is 16.5. The second-order valence-electron chi connectivity index (χ2n) is 7.11. The number of rotatable bonds is 3. The first-order valence-corrected chi connectivity index (χ1v) is 9.61. The van der Waals surface area contributed by atoms with Crippen LogP contribution in [0.25, 0.3) is 0 Å². The predicted molar refractivity (Wildman–Crippen MR) is 112 cm³/mol. The number of carbonyl (C=O) groups excluding carboxylic acids is 2. The zero-order chi connectivity index (χ0) is 20.5. The minimum Gasteiger partial charge on any atom is -0.461 e. The van der Waals surface area contributed by atoms with Gasteiger partial charge in [-0.3, -0.25) is 4.79 Å². The van der Waals surface area contributed by atoms with Crippen LogP contribution in [0.4, 0.5) is 11.4 Å². The Labute approximate surface area is 169 Å². The number of nitrogen functional groups attached to an aromatic ring is 1. The average Bonchev–Trinajstić information content (AvgIpc) is 3.03. The molecule has 0 saturated heterocycles. The van der Waals surface area contributed by atoms with Crippen molar-refractivity contribution in [2.45, 2.75) is 26.9 Å². The molecule has 0 atom stereocenters. The molecule has 1 aliphatic heterocycles. The third-order valence-corrected chi connectivity index (χ3v) is 5.25. The van der Waals surface area contributed by atoms with Gasteiger partial charge in [-0.25, -0.2) is 4.79 Å². The van der Waals surface area contributed by atoms with Crippen molar-refractivity contribution in [3.05, 3.63) is 82.7 Å². The van der Waals surface area contributed by atoms with Crippen molar-refractivity contribution in [1.82, 2.24) is 4.57 Å². The van der Waals surface area contributed by atoms with Gasteiger partial charge < -0.3 is 19.9 Å². The molecule has 0 saturated carbocycles. The summed E-state index contributed by atoms with van der Waals surface area (Å²) in [4.78, 5) is 27.5. The molecular weight excluding hydrogens is 366 g/mol. The summed E-state index contributed by atoms with van der Waals surface area (Å²) in [5.74, 6) is -0.460. The third kappa shape index (κ3) is 3.38. The van der Waals surface area contributed by atoms with Gasteiger partial charge in [-0.15, -0.1) is 0 Å². The lowest BCUT2D eigenvalue weighted by Crippen LogP contribution is -2.30. The minimum absolute atomic E-state index is 0.104. The van der Waals surface area contributed by atoms with Crippen LogP contribution >= 0.6 is 0 Å². The maximum atomic E-state index is 13.4. The lowest BCUT2D eigenvalue weighted by molar-refractivity contribution is 0.0514. The maximum Gasteiger partial charge on any atom is 0.354 e. The number of fused-ring (bicyclic) bond motifs is 2. The minimum atomic E-state index is -0.356. The van der Waals surface area contributed by atoms with Crippen molar-refractivity contribution in [1.29, 1.82) is 0 Å². The van der Waals surface area contributed by atoms with Crippen LogP contribution in [0.2, 0.25) is 0 Å². The van der Waals surface area contributed by atoms with Gasteiger partial charge in [0.15, 0.2) is 0 Å². The Balaban J connectivity index is 1.79. The number of para-hydroxylation sites is 1. The molecule has 2 aromatic carbocycles. The molecule has 0 spiro atoms. The van der Waals surface area contributed by atoms with Crippen LogP contribution in [-0.4, -0.2) is 23.1 Å². The highest BCUT2D eigenvalue weighted by molar-refractivity contribution is 6.07. The number of nitrogens with two attached hydrogens (primary N) is 1. The van der Waals surface area contributed by atoms with E-state index < -0.39 is 0 Å². The van der Waals surface area contributed by atoms with Gasteiger partial charge >= 0.3 is 5.97 Å². The van der Waals surface area contributed by atoms with Crippen LogP contribution in [0.1, 0.15) is 44.6 Å². The number of esters is 1. The molecule has 148 valence electrons. The summed E-state index contributed by atoms with van der Waals surface area (Å²) in [5.41, 5.74) is 11.2. The number of amides is 1. The molecular formula is C23H23N3O3. The van der Waals surface area contributed by atoms with E-state index in [4.69, 9.17) is 10.5 Å². The Hall–Kier alpha value is -3.54. The van der Waals surface area contributed by atoms with Crippen LogP contribution in [0.5, 0.6) is 0 Å². The number of hydrogen-bond donors (Lipinski definition) is 1. The largest absolute Gasteiger partial charge is 0.461 e. The fourth-order valence-corrected chi connectivity index (χ4v) is 3.69. The van der Waals surface area contributed by atoms with Gasteiger partial charge in [0.05, 0.1) is 19.7 Å². The van der Waals surface area contributed by atoms with E-state index in [0.29, 0.717) is 36.6 Å². The van der Waals surface area contributed by atoms with E-state index in [1.54, 1.807) is 30.0 Å². The summed E-state index contributed by atoms with van der Waals surface area (Å²) in [6.45, 7) is 4.85. The van der Waals surface area contributed by atoms with E-state index in [0.717, 1.165) is 22.5 Å². The fourth-order valence-electron chi connectivity index (χ4n) is 3.69. The van der Waals surface area contributed by atoms with E-state index in [1.165, 1.54) is 0 Å². The van der Waals surface area contributed by atoms with Gasteiger partial charge in [-0.1, -0.05) is 18.2 Å². The van der Waals surface area contributed by atoms with Crippen molar-refractivity contribution in [3.63, 3.8) is 0 Å². The van der Waals surface area contributed by atoms with Gasteiger partial charge in [-0.05, 0) is 61.4 Å². The molecule has 2 N–H and O–H groups in total. The Morgan fingerprint density at radius 1 is 1.07 bits per heavy atom. The first-order chi connectivity index (χ1) is 14.0.